The average molecular weight is 297 g/mol. The van der Waals surface area contributed by atoms with Crippen molar-refractivity contribution in [1.82, 2.24) is 4.98 Å². The van der Waals surface area contributed by atoms with Crippen molar-refractivity contribution in [1.29, 1.82) is 0 Å². The molecule has 1 aliphatic heterocycles. The zero-order valence-electron chi connectivity index (χ0n) is 7.80. The molecule has 2 unspecified atom stereocenters. The Balaban J connectivity index is 2.09. The molecule has 1 saturated heterocycles. The molecule has 2 nitrogen and oxygen atoms in total. The van der Waals surface area contributed by atoms with E-state index in [9.17, 15) is 0 Å². The Kier molecular flexibility index (Phi) is 3.17. The van der Waals surface area contributed by atoms with Crippen molar-refractivity contribution >= 4 is 38.9 Å². The molecule has 2 atom stereocenters. The maximum atomic E-state index is 5.94. The van der Waals surface area contributed by atoms with Crippen molar-refractivity contribution in [3.05, 3.63) is 15.5 Å². The minimum atomic E-state index is -0.0389. The van der Waals surface area contributed by atoms with Crippen LogP contribution in [-0.4, -0.2) is 15.9 Å². The fourth-order valence-corrected chi connectivity index (χ4v) is 2.99. The van der Waals surface area contributed by atoms with Crippen molar-refractivity contribution in [2.75, 3.05) is 5.33 Å². The fourth-order valence-electron chi connectivity index (χ4n) is 1.59. The van der Waals surface area contributed by atoms with E-state index >= 15 is 0 Å². The summed E-state index contributed by atoms with van der Waals surface area (Å²) in [5.74, 6) is 0. The first-order chi connectivity index (χ1) is 6.63. The summed E-state index contributed by atoms with van der Waals surface area (Å²) in [6, 6.07) is 0. The highest BCUT2D eigenvalue weighted by Gasteiger charge is 2.36. The minimum absolute atomic E-state index is 0.0389. The predicted molar refractivity (Wildman–Crippen MR) is 62.4 cm³/mol. The van der Waals surface area contributed by atoms with Crippen LogP contribution in [0, 0.1) is 0 Å². The highest BCUT2D eigenvalue weighted by molar-refractivity contribution is 9.09. The van der Waals surface area contributed by atoms with E-state index in [-0.39, 0.29) is 11.7 Å². The van der Waals surface area contributed by atoms with Crippen LogP contribution in [0.4, 0.5) is 0 Å². The van der Waals surface area contributed by atoms with Crippen molar-refractivity contribution in [2.24, 2.45) is 0 Å². The lowest BCUT2D eigenvalue weighted by Crippen LogP contribution is -2.24. The number of aromatic nitrogens is 1. The Labute approximate surface area is 101 Å². The molecular weight excluding hydrogens is 286 g/mol. The normalized spacial score (nSPS) is 32.4. The van der Waals surface area contributed by atoms with E-state index in [4.69, 9.17) is 16.3 Å². The van der Waals surface area contributed by atoms with E-state index in [1.165, 1.54) is 11.3 Å². The second-order valence-electron chi connectivity index (χ2n) is 3.73. The summed E-state index contributed by atoms with van der Waals surface area (Å²) >= 11 is 10.8. The summed E-state index contributed by atoms with van der Waals surface area (Å²) in [6.07, 6.45) is 3.93. The van der Waals surface area contributed by atoms with Crippen LogP contribution in [-0.2, 0) is 4.74 Å². The van der Waals surface area contributed by atoms with Gasteiger partial charge in [0.05, 0.1) is 11.8 Å². The molecule has 0 N–H and O–H groups in total. The maximum Gasteiger partial charge on any atom is 0.123 e. The lowest BCUT2D eigenvalue weighted by atomic mass is 10.1. The second kappa shape index (κ2) is 4.08. The van der Waals surface area contributed by atoms with Gasteiger partial charge < -0.3 is 4.74 Å². The zero-order chi connectivity index (χ0) is 10.2. The SMILES string of the molecule is CC1(CBr)CCC(c2ncc(Cl)s2)O1. The molecule has 0 amide bonds. The number of thiazole rings is 1. The number of hydrogen-bond acceptors (Lipinski definition) is 3. The van der Waals surface area contributed by atoms with E-state index in [0.717, 1.165) is 27.5 Å². The van der Waals surface area contributed by atoms with Crippen LogP contribution >= 0.6 is 38.9 Å². The number of halogens is 2. The van der Waals surface area contributed by atoms with Gasteiger partial charge in [0.25, 0.3) is 0 Å². The Morgan fingerprint density at radius 1 is 1.86 bits per heavy atom. The van der Waals surface area contributed by atoms with Crippen LogP contribution in [0.5, 0.6) is 0 Å². The summed E-state index contributed by atoms with van der Waals surface area (Å²) in [6.45, 7) is 2.12. The molecular formula is C9H11BrClNOS. The summed E-state index contributed by atoms with van der Waals surface area (Å²) in [5.41, 5.74) is -0.0389. The van der Waals surface area contributed by atoms with Gasteiger partial charge in [-0.1, -0.05) is 27.5 Å². The third kappa shape index (κ3) is 2.13. The van der Waals surface area contributed by atoms with E-state index in [1.54, 1.807) is 6.20 Å². The van der Waals surface area contributed by atoms with Gasteiger partial charge in [-0.25, -0.2) is 4.98 Å². The molecule has 14 heavy (non-hydrogen) atoms. The lowest BCUT2D eigenvalue weighted by Gasteiger charge is -2.21. The van der Waals surface area contributed by atoms with E-state index < -0.39 is 0 Å². The Bertz CT molecular complexity index is 332. The monoisotopic (exact) mass is 295 g/mol. The van der Waals surface area contributed by atoms with Gasteiger partial charge in [0.15, 0.2) is 0 Å². The molecule has 78 valence electrons. The van der Waals surface area contributed by atoms with E-state index in [1.807, 2.05) is 0 Å². The molecule has 0 spiro atoms. The highest BCUT2D eigenvalue weighted by atomic mass is 79.9. The van der Waals surface area contributed by atoms with Gasteiger partial charge in [0.2, 0.25) is 0 Å². The van der Waals surface area contributed by atoms with E-state index in [2.05, 4.69) is 27.8 Å². The van der Waals surface area contributed by atoms with Crippen molar-refractivity contribution < 1.29 is 4.74 Å². The van der Waals surface area contributed by atoms with Gasteiger partial charge in [0, 0.05) is 5.33 Å². The van der Waals surface area contributed by atoms with Gasteiger partial charge in [-0.3, -0.25) is 0 Å². The van der Waals surface area contributed by atoms with Crippen LogP contribution in [0.2, 0.25) is 4.34 Å². The first kappa shape index (κ1) is 10.9. The number of hydrogen-bond donors (Lipinski definition) is 0. The number of alkyl halides is 1. The van der Waals surface area contributed by atoms with Gasteiger partial charge in [-0.2, -0.15) is 0 Å². The number of rotatable bonds is 2. The van der Waals surface area contributed by atoms with Crippen LogP contribution < -0.4 is 0 Å². The second-order valence-corrected chi connectivity index (χ2v) is 5.99. The molecule has 0 aromatic carbocycles. The van der Waals surface area contributed by atoms with Crippen molar-refractivity contribution in [3.8, 4) is 0 Å². The molecule has 1 aliphatic rings. The lowest BCUT2D eigenvalue weighted by molar-refractivity contribution is -0.0122. The van der Waals surface area contributed by atoms with Gasteiger partial charge >= 0.3 is 0 Å². The molecule has 0 saturated carbocycles. The first-order valence-electron chi connectivity index (χ1n) is 4.48. The molecule has 0 bridgehead atoms. The predicted octanol–water partition coefficient (Wildman–Crippen LogP) is 3.80. The van der Waals surface area contributed by atoms with E-state index in [0.29, 0.717) is 0 Å². The molecule has 5 heteroatoms. The molecule has 1 aromatic rings. The van der Waals surface area contributed by atoms with Gasteiger partial charge in [-0.15, -0.1) is 11.3 Å². The van der Waals surface area contributed by atoms with Crippen LogP contribution in [0.25, 0.3) is 0 Å². The fraction of sp³-hybridized carbons (Fsp3) is 0.667. The molecule has 2 heterocycles. The summed E-state index contributed by atoms with van der Waals surface area (Å²) in [7, 11) is 0. The Hall–Kier alpha value is 0.360. The third-order valence-corrected chi connectivity index (χ3v) is 4.81. The smallest absolute Gasteiger partial charge is 0.123 e. The molecule has 2 rings (SSSR count). The quantitative estimate of drug-likeness (QED) is 0.774. The van der Waals surface area contributed by atoms with Gasteiger partial charge in [-0.05, 0) is 19.8 Å². The average Bonchev–Trinajstić information content (AvgIpc) is 2.73. The Morgan fingerprint density at radius 2 is 2.64 bits per heavy atom. The van der Waals surface area contributed by atoms with Crippen LogP contribution in [0.1, 0.15) is 30.9 Å². The molecule has 0 radical (unpaired) electrons. The van der Waals surface area contributed by atoms with Crippen LogP contribution in [0.15, 0.2) is 6.20 Å². The maximum absolute atomic E-state index is 5.94. The van der Waals surface area contributed by atoms with Crippen molar-refractivity contribution in [2.45, 2.75) is 31.5 Å². The highest BCUT2D eigenvalue weighted by Crippen LogP contribution is 2.41. The largest absolute Gasteiger partial charge is 0.364 e. The standard InChI is InChI=1S/C9H11BrClNOS/c1-9(5-10)3-2-6(13-9)8-12-4-7(11)14-8/h4,6H,2-3,5H2,1H3. The van der Waals surface area contributed by atoms with Crippen LogP contribution in [0.3, 0.4) is 0 Å². The Morgan fingerprint density at radius 3 is 3.14 bits per heavy atom. The molecule has 1 aromatic heterocycles. The zero-order valence-corrected chi connectivity index (χ0v) is 11.0. The number of nitrogens with zero attached hydrogens (tertiary/aromatic N) is 1. The summed E-state index contributed by atoms with van der Waals surface area (Å²) < 4.78 is 6.67. The number of ether oxygens (including phenoxy) is 1. The topological polar surface area (TPSA) is 22.1 Å². The summed E-state index contributed by atoms with van der Waals surface area (Å²) in [4.78, 5) is 4.24. The van der Waals surface area contributed by atoms with Gasteiger partial charge in [0.1, 0.15) is 15.4 Å². The molecule has 0 aliphatic carbocycles. The molecule has 1 fully saturated rings. The summed E-state index contributed by atoms with van der Waals surface area (Å²) in [5, 5.41) is 1.87. The minimum Gasteiger partial charge on any atom is -0.364 e. The third-order valence-electron chi connectivity index (χ3n) is 2.42. The first-order valence-corrected chi connectivity index (χ1v) is 6.79. The van der Waals surface area contributed by atoms with Crippen molar-refractivity contribution in [3.63, 3.8) is 0 Å².